The normalized spacial score (nSPS) is 15.9. The lowest BCUT2D eigenvalue weighted by Gasteiger charge is -2.16. The zero-order valence-corrected chi connectivity index (χ0v) is 13.0. The molecule has 1 aliphatic carbocycles. The summed E-state index contributed by atoms with van der Waals surface area (Å²) >= 11 is 0. The molecular formula is C18H21N3O. The summed E-state index contributed by atoms with van der Waals surface area (Å²) < 4.78 is 1.72. The Balaban J connectivity index is 1.58. The quantitative estimate of drug-likeness (QED) is 0.862. The Morgan fingerprint density at radius 3 is 2.68 bits per heavy atom. The van der Waals surface area contributed by atoms with Crippen molar-refractivity contribution in [1.82, 2.24) is 15.1 Å². The van der Waals surface area contributed by atoms with Crippen molar-refractivity contribution in [2.75, 3.05) is 0 Å². The molecular weight excluding hydrogens is 274 g/mol. The number of benzene rings is 1. The molecule has 3 rings (SSSR count). The predicted octanol–water partition coefficient (Wildman–Crippen LogP) is 2.63. The fraction of sp³-hybridized carbons (Fsp3) is 0.333. The van der Waals surface area contributed by atoms with E-state index < -0.39 is 0 Å². The van der Waals surface area contributed by atoms with Crippen LogP contribution in [0, 0.1) is 6.92 Å². The number of nitrogens with one attached hydrogen (secondary N) is 1. The van der Waals surface area contributed by atoms with Crippen LogP contribution in [0.3, 0.4) is 0 Å². The van der Waals surface area contributed by atoms with Gasteiger partial charge in [0.05, 0.1) is 6.20 Å². The Kier molecular flexibility index (Phi) is 3.84. The highest BCUT2D eigenvalue weighted by Crippen LogP contribution is 2.38. The van der Waals surface area contributed by atoms with Crippen molar-refractivity contribution in [2.24, 2.45) is 7.05 Å². The lowest BCUT2D eigenvalue weighted by atomic mass is 10.0. The molecule has 0 spiro atoms. The molecule has 114 valence electrons. The summed E-state index contributed by atoms with van der Waals surface area (Å²) in [5.74, 6) is -0.0338. The minimum Gasteiger partial charge on any atom is -0.347 e. The Morgan fingerprint density at radius 2 is 2.09 bits per heavy atom. The molecule has 22 heavy (non-hydrogen) atoms. The second-order valence-corrected chi connectivity index (χ2v) is 6.21. The number of nitrogens with zero attached hydrogens (tertiary/aromatic N) is 2. The molecule has 0 radical (unpaired) electrons. The van der Waals surface area contributed by atoms with E-state index >= 15 is 0 Å². The first-order valence-corrected chi connectivity index (χ1v) is 7.59. The van der Waals surface area contributed by atoms with Gasteiger partial charge in [-0.05, 0) is 37.8 Å². The number of amides is 1. The van der Waals surface area contributed by atoms with Gasteiger partial charge in [-0.25, -0.2) is 0 Å². The molecule has 4 nitrogen and oxygen atoms in total. The predicted molar refractivity (Wildman–Crippen MR) is 87.2 cm³/mol. The highest BCUT2D eigenvalue weighted by molar-refractivity contribution is 5.92. The van der Waals surface area contributed by atoms with Gasteiger partial charge in [0.25, 0.3) is 0 Å². The van der Waals surface area contributed by atoms with Gasteiger partial charge >= 0.3 is 0 Å². The third kappa shape index (κ3) is 3.64. The van der Waals surface area contributed by atoms with E-state index in [1.165, 1.54) is 11.1 Å². The van der Waals surface area contributed by atoms with Crippen LogP contribution in [0.5, 0.6) is 0 Å². The van der Waals surface area contributed by atoms with Crippen molar-refractivity contribution in [3.63, 3.8) is 0 Å². The number of carbonyl (C=O) groups excluding carboxylic acids is 1. The molecule has 1 heterocycles. The summed E-state index contributed by atoms with van der Waals surface area (Å²) in [4.78, 5) is 12.1. The first-order chi connectivity index (χ1) is 10.5. The van der Waals surface area contributed by atoms with Crippen LogP contribution in [-0.2, 0) is 18.3 Å². The largest absolute Gasteiger partial charge is 0.347 e. The first-order valence-electron chi connectivity index (χ1n) is 7.59. The smallest absolute Gasteiger partial charge is 0.244 e. The van der Waals surface area contributed by atoms with Crippen LogP contribution >= 0.6 is 0 Å². The SMILES string of the molecule is Cc1ccc(CC2(NC(=O)C=Cc3cnn(C)c3)CC2)cc1. The van der Waals surface area contributed by atoms with E-state index in [0.717, 1.165) is 24.8 Å². The number of hydrogen-bond acceptors (Lipinski definition) is 2. The van der Waals surface area contributed by atoms with Crippen molar-refractivity contribution in [2.45, 2.75) is 31.7 Å². The van der Waals surface area contributed by atoms with Gasteiger partial charge in [-0.2, -0.15) is 5.10 Å². The van der Waals surface area contributed by atoms with E-state index in [1.54, 1.807) is 23.0 Å². The number of hydrogen-bond donors (Lipinski definition) is 1. The van der Waals surface area contributed by atoms with Crippen molar-refractivity contribution in [1.29, 1.82) is 0 Å². The van der Waals surface area contributed by atoms with E-state index in [4.69, 9.17) is 0 Å². The maximum absolute atomic E-state index is 12.1. The summed E-state index contributed by atoms with van der Waals surface area (Å²) in [5, 5.41) is 7.23. The van der Waals surface area contributed by atoms with Gasteiger partial charge in [0, 0.05) is 30.4 Å². The summed E-state index contributed by atoms with van der Waals surface area (Å²) in [6, 6.07) is 8.53. The van der Waals surface area contributed by atoms with E-state index in [2.05, 4.69) is 41.6 Å². The van der Waals surface area contributed by atoms with Crippen LogP contribution in [0.15, 0.2) is 42.7 Å². The standard InChI is InChI=1S/C18H21N3O/c1-14-3-5-15(6-4-14)11-18(9-10-18)20-17(22)8-7-16-12-19-21(2)13-16/h3-8,12-13H,9-11H2,1-2H3,(H,20,22). The van der Waals surface area contributed by atoms with Gasteiger partial charge < -0.3 is 5.32 Å². The molecule has 0 atom stereocenters. The monoisotopic (exact) mass is 295 g/mol. The third-order valence-electron chi connectivity index (χ3n) is 4.06. The van der Waals surface area contributed by atoms with Gasteiger partial charge in [0.1, 0.15) is 0 Å². The van der Waals surface area contributed by atoms with E-state index in [-0.39, 0.29) is 11.4 Å². The number of carbonyl (C=O) groups is 1. The Morgan fingerprint density at radius 1 is 1.36 bits per heavy atom. The maximum Gasteiger partial charge on any atom is 0.244 e. The Bertz CT molecular complexity index is 693. The topological polar surface area (TPSA) is 46.9 Å². The zero-order valence-electron chi connectivity index (χ0n) is 13.0. The lowest BCUT2D eigenvalue weighted by Crippen LogP contribution is -2.37. The summed E-state index contributed by atoms with van der Waals surface area (Å²) in [6.45, 7) is 2.09. The number of aromatic nitrogens is 2. The highest BCUT2D eigenvalue weighted by atomic mass is 16.1. The minimum absolute atomic E-state index is 0.0338. The highest BCUT2D eigenvalue weighted by Gasteiger charge is 2.43. The van der Waals surface area contributed by atoms with Crippen molar-refractivity contribution in [3.05, 3.63) is 59.4 Å². The Hall–Kier alpha value is -2.36. The molecule has 1 aromatic carbocycles. The molecule has 4 heteroatoms. The molecule has 2 aromatic rings. The second-order valence-electron chi connectivity index (χ2n) is 6.21. The average Bonchev–Trinajstić information content (AvgIpc) is 3.10. The molecule has 1 fully saturated rings. The second kappa shape index (κ2) is 5.79. The third-order valence-corrected chi connectivity index (χ3v) is 4.06. The van der Waals surface area contributed by atoms with Crippen LogP contribution in [0.2, 0.25) is 0 Å². The van der Waals surface area contributed by atoms with Crippen LogP contribution in [0.1, 0.15) is 29.5 Å². The summed E-state index contributed by atoms with van der Waals surface area (Å²) in [7, 11) is 1.86. The first kappa shape index (κ1) is 14.6. The summed E-state index contributed by atoms with van der Waals surface area (Å²) in [5.41, 5.74) is 3.42. The zero-order chi connectivity index (χ0) is 15.6. The fourth-order valence-corrected chi connectivity index (χ4v) is 2.59. The molecule has 1 N–H and O–H groups in total. The van der Waals surface area contributed by atoms with E-state index in [9.17, 15) is 4.79 Å². The molecule has 0 unspecified atom stereocenters. The number of aryl methyl sites for hydroxylation is 2. The molecule has 1 aliphatic rings. The van der Waals surface area contributed by atoms with Crippen molar-refractivity contribution >= 4 is 12.0 Å². The molecule has 0 bridgehead atoms. The number of rotatable bonds is 5. The Labute approximate surface area is 130 Å². The molecule has 0 aliphatic heterocycles. The average molecular weight is 295 g/mol. The van der Waals surface area contributed by atoms with Crippen LogP contribution in [-0.4, -0.2) is 21.2 Å². The van der Waals surface area contributed by atoms with Crippen LogP contribution in [0.4, 0.5) is 0 Å². The molecule has 0 saturated heterocycles. The van der Waals surface area contributed by atoms with Crippen molar-refractivity contribution < 1.29 is 4.79 Å². The van der Waals surface area contributed by atoms with Gasteiger partial charge in [0.15, 0.2) is 0 Å². The van der Waals surface area contributed by atoms with E-state index in [0.29, 0.717) is 0 Å². The van der Waals surface area contributed by atoms with E-state index in [1.807, 2.05) is 13.2 Å². The molecule has 1 aromatic heterocycles. The van der Waals surface area contributed by atoms with Crippen LogP contribution < -0.4 is 5.32 Å². The molecule has 1 saturated carbocycles. The lowest BCUT2D eigenvalue weighted by molar-refractivity contribution is -0.117. The van der Waals surface area contributed by atoms with Gasteiger partial charge in [0.2, 0.25) is 5.91 Å². The molecule has 1 amide bonds. The minimum atomic E-state index is -0.0500. The van der Waals surface area contributed by atoms with Crippen molar-refractivity contribution in [3.8, 4) is 0 Å². The fourth-order valence-electron chi connectivity index (χ4n) is 2.59. The van der Waals surface area contributed by atoms with Gasteiger partial charge in [-0.1, -0.05) is 29.8 Å². The van der Waals surface area contributed by atoms with Gasteiger partial charge in [-0.3, -0.25) is 9.48 Å². The summed E-state index contributed by atoms with van der Waals surface area (Å²) in [6.07, 6.45) is 10.0. The maximum atomic E-state index is 12.1. The van der Waals surface area contributed by atoms with Crippen LogP contribution in [0.25, 0.3) is 6.08 Å². The van der Waals surface area contributed by atoms with Gasteiger partial charge in [-0.15, -0.1) is 0 Å².